The molecule has 0 N–H and O–H groups in total. The summed E-state index contributed by atoms with van der Waals surface area (Å²) < 4.78 is 7.29. The van der Waals surface area contributed by atoms with E-state index in [4.69, 9.17) is 10.00 Å². The molecule has 2 aromatic heterocycles. The molecule has 7 heteroatoms. The van der Waals surface area contributed by atoms with Crippen molar-refractivity contribution in [2.24, 2.45) is 5.92 Å². The zero-order chi connectivity index (χ0) is 14.7. The summed E-state index contributed by atoms with van der Waals surface area (Å²) >= 11 is 0. The van der Waals surface area contributed by atoms with Crippen LogP contribution in [-0.2, 0) is 0 Å². The van der Waals surface area contributed by atoms with E-state index < -0.39 is 0 Å². The van der Waals surface area contributed by atoms with Crippen LogP contribution in [0.4, 0.5) is 0 Å². The number of rotatable bonds is 3. The third-order valence-electron chi connectivity index (χ3n) is 3.68. The first-order chi connectivity index (χ1) is 10.2. The molecule has 0 saturated heterocycles. The minimum Gasteiger partial charge on any atom is -0.460 e. The number of nitriles is 1. The summed E-state index contributed by atoms with van der Waals surface area (Å²) in [5.41, 5.74) is 0. The van der Waals surface area contributed by atoms with Gasteiger partial charge in [0.05, 0.1) is 0 Å². The van der Waals surface area contributed by atoms with Crippen LogP contribution in [0.3, 0.4) is 0 Å². The molecule has 0 radical (unpaired) electrons. The van der Waals surface area contributed by atoms with Crippen LogP contribution >= 0.6 is 0 Å². The molecule has 1 saturated carbocycles. The lowest BCUT2D eigenvalue weighted by molar-refractivity contribution is 0.124. The van der Waals surface area contributed by atoms with Gasteiger partial charge in [-0.3, -0.25) is 0 Å². The molecule has 2 aromatic rings. The van der Waals surface area contributed by atoms with Crippen LogP contribution in [0, 0.1) is 17.2 Å². The Hall–Kier alpha value is -2.49. The van der Waals surface area contributed by atoms with Gasteiger partial charge < -0.3 is 4.74 Å². The number of aromatic nitrogens is 5. The fraction of sp³-hybridized carbons (Fsp3) is 0.500. The topological polar surface area (TPSA) is 89.5 Å². The Bertz CT molecular complexity index is 653. The summed E-state index contributed by atoms with van der Waals surface area (Å²) in [6.45, 7) is 2.27. The standard InChI is InChI=1S/C14H16N6O/c1-10-2-4-11(5-3-10)21-14-16-7-6-13(18-14)20-9-17-12(8-15)19-20/h6-7,9-11H,2-5H2,1H3. The highest BCUT2D eigenvalue weighted by Gasteiger charge is 2.20. The fourth-order valence-electron chi connectivity index (χ4n) is 2.44. The first kappa shape index (κ1) is 13.5. The molecule has 1 aliphatic rings. The Balaban J connectivity index is 1.73. The van der Waals surface area contributed by atoms with Crippen molar-refractivity contribution in [3.05, 3.63) is 24.4 Å². The van der Waals surface area contributed by atoms with E-state index in [1.807, 2.05) is 6.07 Å². The predicted octanol–water partition coefficient (Wildman–Crippen LogP) is 1.89. The normalized spacial score (nSPS) is 21.7. The van der Waals surface area contributed by atoms with Gasteiger partial charge in [0.1, 0.15) is 18.5 Å². The number of ether oxygens (including phenoxy) is 1. The maximum atomic E-state index is 8.74. The lowest BCUT2D eigenvalue weighted by atomic mass is 9.89. The van der Waals surface area contributed by atoms with Crippen molar-refractivity contribution >= 4 is 0 Å². The summed E-state index contributed by atoms with van der Waals surface area (Å²) in [7, 11) is 0. The third-order valence-corrected chi connectivity index (χ3v) is 3.68. The lowest BCUT2D eigenvalue weighted by Gasteiger charge is -2.25. The van der Waals surface area contributed by atoms with Crippen LogP contribution in [0.25, 0.3) is 5.82 Å². The number of hydrogen-bond donors (Lipinski definition) is 0. The quantitative estimate of drug-likeness (QED) is 0.855. The fourth-order valence-corrected chi connectivity index (χ4v) is 2.44. The summed E-state index contributed by atoms with van der Waals surface area (Å²) in [6, 6.07) is 3.93. The molecule has 1 aliphatic carbocycles. The van der Waals surface area contributed by atoms with Crippen molar-refractivity contribution in [1.29, 1.82) is 5.26 Å². The highest BCUT2D eigenvalue weighted by atomic mass is 16.5. The van der Waals surface area contributed by atoms with Gasteiger partial charge in [0.2, 0.25) is 0 Å². The van der Waals surface area contributed by atoms with Crippen molar-refractivity contribution in [3.8, 4) is 17.9 Å². The molecule has 0 unspecified atom stereocenters. The third kappa shape index (κ3) is 3.16. The molecule has 0 bridgehead atoms. The van der Waals surface area contributed by atoms with Gasteiger partial charge in [-0.2, -0.15) is 10.2 Å². The van der Waals surface area contributed by atoms with Crippen molar-refractivity contribution in [1.82, 2.24) is 24.7 Å². The van der Waals surface area contributed by atoms with Gasteiger partial charge in [0.15, 0.2) is 5.82 Å². The zero-order valence-corrected chi connectivity index (χ0v) is 11.8. The largest absolute Gasteiger partial charge is 0.460 e. The SMILES string of the molecule is CC1CCC(Oc2nccc(-n3cnc(C#N)n3)n2)CC1. The Morgan fingerprint density at radius 3 is 2.81 bits per heavy atom. The molecular formula is C14H16N6O. The Morgan fingerprint density at radius 1 is 1.29 bits per heavy atom. The van der Waals surface area contributed by atoms with E-state index in [0.29, 0.717) is 11.8 Å². The van der Waals surface area contributed by atoms with E-state index in [0.717, 1.165) is 18.8 Å². The van der Waals surface area contributed by atoms with Crippen molar-refractivity contribution in [3.63, 3.8) is 0 Å². The van der Waals surface area contributed by atoms with Gasteiger partial charge >= 0.3 is 6.01 Å². The van der Waals surface area contributed by atoms with E-state index in [1.165, 1.54) is 23.9 Å². The molecule has 7 nitrogen and oxygen atoms in total. The van der Waals surface area contributed by atoms with Gasteiger partial charge in [-0.05, 0) is 31.6 Å². The highest BCUT2D eigenvalue weighted by molar-refractivity contribution is 5.21. The van der Waals surface area contributed by atoms with Crippen LogP contribution in [0.2, 0.25) is 0 Å². The summed E-state index contributed by atoms with van der Waals surface area (Å²) in [6.07, 6.45) is 7.69. The van der Waals surface area contributed by atoms with Crippen LogP contribution in [0.1, 0.15) is 38.4 Å². The Kier molecular flexibility index (Phi) is 3.77. The van der Waals surface area contributed by atoms with Gasteiger partial charge in [0, 0.05) is 12.3 Å². The summed E-state index contributed by atoms with van der Waals surface area (Å²) in [5.74, 6) is 1.42. The summed E-state index contributed by atoms with van der Waals surface area (Å²) in [5, 5.41) is 12.7. The zero-order valence-electron chi connectivity index (χ0n) is 11.8. The second kappa shape index (κ2) is 5.87. The maximum Gasteiger partial charge on any atom is 0.318 e. The van der Waals surface area contributed by atoms with Gasteiger partial charge in [-0.25, -0.2) is 14.6 Å². The van der Waals surface area contributed by atoms with E-state index in [-0.39, 0.29) is 11.9 Å². The maximum absolute atomic E-state index is 8.74. The molecule has 2 heterocycles. The predicted molar refractivity (Wildman–Crippen MR) is 73.7 cm³/mol. The number of hydrogen-bond acceptors (Lipinski definition) is 6. The van der Waals surface area contributed by atoms with Gasteiger partial charge in [0.25, 0.3) is 5.82 Å². The monoisotopic (exact) mass is 284 g/mol. The molecular weight excluding hydrogens is 268 g/mol. The Morgan fingerprint density at radius 2 is 2.10 bits per heavy atom. The average Bonchev–Trinajstić information content (AvgIpc) is 2.99. The molecule has 108 valence electrons. The van der Waals surface area contributed by atoms with Gasteiger partial charge in [-0.15, -0.1) is 5.10 Å². The van der Waals surface area contributed by atoms with Crippen LogP contribution in [0.5, 0.6) is 6.01 Å². The molecule has 21 heavy (non-hydrogen) atoms. The van der Waals surface area contributed by atoms with Crippen molar-refractivity contribution < 1.29 is 4.74 Å². The molecule has 0 amide bonds. The van der Waals surface area contributed by atoms with E-state index >= 15 is 0 Å². The first-order valence-electron chi connectivity index (χ1n) is 7.06. The highest BCUT2D eigenvalue weighted by Crippen LogP contribution is 2.26. The van der Waals surface area contributed by atoms with Crippen LogP contribution in [0.15, 0.2) is 18.6 Å². The second-order valence-electron chi connectivity index (χ2n) is 5.32. The Labute approximate surface area is 122 Å². The smallest absolute Gasteiger partial charge is 0.318 e. The average molecular weight is 284 g/mol. The molecule has 0 atom stereocenters. The van der Waals surface area contributed by atoms with Crippen LogP contribution in [-0.4, -0.2) is 30.8 Å². The van der Waals surface area contributed by atoms with E-state index in [1.54, 1.807) is 12.3 Å². The summed E-state index contributed by atoms with van der Waals surface area (Å²) in [4.78, 5) is 12.3. The van der Waals surface area contributed by atoms with E-state index in [9.17, 15) is 0 Å². The minimum absolute atomic E-state index is 0.109. The van der Waals surface area contributed by atoms with Crippen molar-refractivity contribution in [2.75, 3.05) is 0 Å². The van der Waals surface area contributed by atoms with Crippen LogP contribution < -0.4 is 4.74 Å². The molecule has 0 aliphatic heterocycles. The molecule has 0 spiro atoms. The van der Waals surface area contributed by atoms with Crippen molar-refractivity contribution in [2.45, 2.75) is 38.7 Å². The molecule has 1 fully saturated rings. The molecule has 0 aromatic carbocycles. The number of nitrogens with zero attached hydrogens (tertiary/aromatic N) is 6. The van der Waals surface area contributed by atoms with E-state index in [2.05, 4.69) is 27.0 Å². The van der Waals surface area contributed by atoms with Gasteiger partial charge in [-0.1, -0.05) is 6.92 Å². The first-order valence-corrected chi connectivity index (χ1v) is 7.06. The molecule has 3 rings (SSSR count). The lowest BCUT2D eigenvalue weighted by Crippen LogP contribution is -2.24. The minimum atomic E-state index is 0.109. The second-order valence-corrected chi connectivity index (χ2v) is 5.32.